The first kappa shape index (κ1) is 17.0. The largest absolute Gasteiger partial charge is 0.271 e. The third kappa shape index (κ3) is 4.33. The van der Waals surface area contributed by atoms with Gasteiger partial charge in [-0.25, -0.2) is 0 Å². The summed E-state index contributed by atoms with van der Waals surface area (Å²) in [6.07, 6.45) is 2.82. The van der Waals surface area contributed by atoms with E-state index >= 15 is 0 Å². The van der Waals surface area contributed by atoms with E-state index in [9.17, 15) is 0 Å². The highest BCUT2D eigenvalue weighted by atomic mass is 79.9. The number of aromatic nitrogens is 2. The van der Waals surface area contributed by atoms with Crippen LogP contribution in [0.1, 0.15) is 23.9 Å². The molecule has 1 unspecified atom stereocenters. The lowest BCUT2D eigenvalue weighted by Gasteiger charge is -2.15. The molecule has 0 saturated heterocycles. The molecule has 0 radical (unpaired) electrons. The van der Waals surface area contributed by atoms with Gasteiger partial charge in [0.1, 0.15) is 0 Å². The van der Waals surface area contributed by atoms with Gasteiger partial charge in [-0.15, -0.1) is 0 Å². The molecule has 21 heavy (non-hydrogen) atoms. The van der Waals surface area contributed by atoms with Crippen molar-refractivity contribution in [1.29, 1.82) is 0 Å². The Morgan fingerprint density at radius 2 is 2.10 bits per heavy atom. The average molecular weight is 435 g/mol. The molecule has 2 rings (SSSR count). The van der Waals surface area contributed by atoms with Crippen LogP contribution >= 0.6 is 43.5 Å². The van der Waals surface area contributed by atoms with Crippen LogP contribution in [0.4, 0.5) is 0 Å². The fraction of sp³-hybridized carbons (Fsp3) is 0.438. The van der Waals surface area contributed by atoms with Crippen LogP contribution in [0.5, 0.6) is 0 Å². The number of hydrogen-bond acceptors (Lipinski definition) is 1. The van der Waals surface area contributed by atoms with Gasteiger partial charge in [0.25, 0.3) is 0 Å². The molecule has 2 aromatic rings. The standard InChI is InChI=1S/C16H19Br2ClN2/c1-3-14-16(19)15(21(2)20-14)9-12(10-17)7-11-5-4-6-13(18)8-11/h4-6,8,12H,3,7,9-10H2,1-2H3. The van der Waals surface area contributed by atoms with Gasteiger partial charge in [-0.2, -0.15) is 5.10 Å². The quantitative estimate of drug-likeness (QED) is 0.572. The smallest absolute Gasteiger partial charge is 0.0849 e. The van der Waals surface area contributed by atoms with Gasteiger partial charge < -0.3 is 0 Å². The van der Waals surface area contributed by atoms with E-state index in [0.29, 0.717) is 5.92 Å². The van der Waals surface area contributed by atoms with Crippen LogP contribution in [0.2, 0.25) is 5.02 Å². The van der Waals surface area contributed by atoms with Crippen molar-refractivity contribution in [2.75, 3.05) is 5.33 Å². The Balaban J connectivity index is 2.14. The topological polar surface area (TPSA) is 17.8 Å². The Bertz CT molecular complexity index is 610. The zero-order valence-electron chi connectivity index (χ0n) is 12.2. The predicted octanol–water partition coefficient (Wildman–Crippen LogP) is 5.19. The molecule has 0 N–H and O–H groups in total. The Kier molecular flexibility index (Phi) is 6.33. The van der Waals surface area contributed by atoms with Crippen molar-refractivity contribution in [3.63, 3.8) is 0 Å². The summed E-state index contributed by atoms with van der Waals surface area (Å²) in [5.74, 6) is 0.497. The molecule has 1 aromatic heterocycles. The van der Waals surface area contributed by atoms with E-state index in [1.165, 1.54) is 5.56 Å². The van der Waals surface area contributed by atoms with Crippen molar-refractivity contribution in [2.45, 2.75) is 26.2 Å². The number of rotatable bonds is 6. The van der Waals surface area contributed by atoms with Gasteiger partial charge in [0.15, 0.2) is 0 Å². The molecule has 1 atom stereocenters. The fourth-order valence-electron chi connectivity index (χ4n) is 2.49. The molecule has 0 fully saturated rings. The maximum atomic E-state index is 6.45. The summed E-state index contributed by atoms with van der Waals surface area (Å²) in [5, 5.41) is 6.28. The lowest BCUT2D eigenvalue weighted by molar-refractivity contribution is 0.556. The molecular weight excluding hydrogens is 415 g/mol. The third-order valence-corrected chi connectivity index (χ3v) is 5.46. The molecular formula is C16H19Br2ClN2. The van der Waals surface area contributed by atoms with Gasteiger partial charge in [0, 0.05) is 16.9 Å². The van der Waals surface area contributed by atoms with Gasteiger partial charge in [-0.05, 0) is 42.9 Å². The second-order valence-corrected chi connectivity index (χ2v) is 7.18. The van der Waals surface area contributed by atoms with Crippen molar-refractivity contribution >= 4 is 43.5 Å². The first-order valence-electron chi connectivity index (χ1n) is 7.05. The van der Waals surface area contributed by atoms with Crippen LogP contribution in [-0.2, 0) is 26.3 Å². The molecule has 1 aromatic carbocycles. The zero-order valence-corrected chi connectivity index (χ0v) is 16.2. The Hall–Kier alpha value is -0.320. The predicted molar refractivity (Wildman–Crippen MR) is 96.4 cm³/mol. The molecule has 0 spiro atoms. The number of benzene rings is 1. The van der Waals surface area contributed by atoms with Gasteiger partial charge in [-0.3, -0.25) is 4.68 Å². The third-order valence-electron chi connectivity index (χ3n) is 3.62. The minimum absolute atomic E-state index is 0.497. The molecule has 0 bridgehead atoms. The Morgan fingerprint density at radius 3 is 2.67 bits per heavy atom. The van der Waals surface area contributed by atoms with E-state index in [4.69, 9.17) is 11.6 Å². The molecule has 0 saturated carbocycles. The van der Waals surface area contributed by atoms with E-state index in [0.717, 1.165) is 45.5 Å². The lowest BCUT2D eigenvalue weighted by atomic mass is 9.96. The summed E-state index contributed by atoms with van der Waals surface area (Å²) in [7, 11) is 1.98. The van der Waals surface area contributed by atoms with Crippen LogP contribution in [0.3, 0.4) is 0 Å². The number of nitrogens with zero attached hydrogens (tertiary/aromatic N) is 2. The maximum Gasteiger partial charge on any atom is 0.0849 e. The van der Waals surface area contributed by atoms with Crippen molar-refractivity contribution in [3.05, 3.63) is 50.7 Å². The Morgan fingerprint density at radius 1 is 1.33 bits per heavy atom. The van der Waals surface area contributed by atoms with Gasteiger partial charge in [0.05, 0.1) is 16.4 Å². The molecule has 0 aliphatic rings. The highest BCUT2D eigenvalue weighted by Crippen LogP contribution is 2.26. The monoisotopic (exact) mass is 432 g/mol. The molecule has 5 heteroatoms. The van der Waals surface area contributed by atoms with Crippen LogP contribution < -0.4 is 0 Å². The SMILES string of the molecule is CCc1nn(C)c(CC(CBr)Cc2cccc(Br)c2)c1Cl. The second kappa shape index (κ2) is 7.80. The van der Waals surface area contributed by atoms with Crippen molar-refractivity contribution in [2.24, 2.45) is 13.0 Å². The van der Waals surface area contributed by atoms with Crippen molar-refractivity contribution in [3.8, 4) is 0 Å². The van der Waals surface area contributed by atoms with Crippen LogP contribution in [0.25, 0.3) is 0 Å². The first-order chi connectivity index (χ1) is 10.0. The summed E-state index contributed by atoms with van der Waals surface area (Å²) < 4.78 is 3.05. The molecule has 114 valence electrons. The molecule has 0 aliphatic heterocycles. The van der Waals surface area contributed by atoms with Crippen LogP contribution in [0, 0.1) is 5.92 Å². The van der Waals surface area contributed by atoms with Gasteiger partial charge >= 0.3 is 0 Å². The van der Waals surface area contributed by atoms with E-state index in [1.54, 1.807) is 0 Å². The zero-order chi connectivity index (χ0) is 15.4. The molecule has 0 amide bonds. The van der Waals surface area contributed by atoms with E-state index in [2.05, 4.69) is 68.1 Å². The minimum Gasteiger partial charge on any atom is -0.271 e. The van der Waals surface area contributed by atoms with E-state index in [1.807, 2.05) is 11.7 Å². The number of alkyl halides is 1. The van der Waals surface area contributed by atoms with E-state index < -0.39 is 0 Å². The average Bonchev–Trinajstić information content (AvgIpc) is 2.73. The normalized spacial score (nSPS) is 12.6. The second-order valence-electron chi connectivity index (χ2n) is 5.24. The highest BCUT2D eigenvalue weighted by Gasteiger charge is 2.18. The fourth-order valence-corrected chi connectivity index (χ4v) is 3.77. The lowest BCUT2D eigenvalue weighted by Crippen LogP contribution is -2.13. The van der Waals surface area contributed by atoms with Crippen LogP contribution in [0.15, 0.2) is 28.7 Å². The summed E-state index contributed by atoms with van der Waals surface area (Å²) in [4.78, 5) is 0. The van der Waals surface area contributed by atoms with Crippen molar-refractivity contribution < 1.29 is 0 Å². The van der Waals surface area contributed by atoms with Crippen molar-refractivity contribution in [1.82, 2.24) is 9.78 Å². The summed E-state index contributed by atoms with van der Waals surface area (Å²) in [6.45, 7) is 2.08. The minimum atomic E-state index is 0.497. The van der Waals surface area contributed by atoms with Gasteiger partial charge in [0.2, 0.25) is 0 Å². The molecule has 1 heterocycles. The first-order valence-corrected chi connectivity index (χ1v) is 9.35. The van der Waals surface area contributed by atoms with Crippen LogP contribution in [-0.4, -0.2) is 15.1 Å². The molecule has 0 aliphatic carbocycles. The van der Waals surface area contributed by atoms with E-state index in [-0.39, 0.29) is 0 Å². The summed E-state index contributed by atoms with van der Waals surface area (Å²) in [6, 6.07) is 8.48. The number of aryl methyl sites for hydroxylation is 2. The molecule has 2 nitrogen and oxygen atoms in total. The number of halogens is 3. The van der Waals surface area contributed by atoms with Gasteiger partial charge in [-0.1, -0.05) is 62.5 Å². The summed E-state index contributed by atoms with van der Waals surface area (Å²) >= 11 is 13.6. The Labute approximate surface area is 148 Å². The number of hydrogen-bond donors (Lipinski definition) is 0. The summed E-state index contributed by atoms with van der Waals surface area (Å²) in [5.41, 5.74) is 3.46. The maximum absolute atomic E-state index is 6.45. The highest BCUT2D eigenvalue weighted by molar-refractivity contribution is 9.10.